The number of oxazole rings is 1. The third-order valence-corrected chi connectivity index (χ3v) is 3.88. The molecule has 0 unspecified atom stereocenters. The van der Waals surface area contributed by atoms with Crippen LogP contribution in [0.5, 0.6) is 0 Å². The molecule has 7 nitrogen and oxygen atoms in total. The molecule has 0 bridgehead atoms. The number of pyridine rings is 1. The van der Waals surface area contributed by atoms with Crippen LogP contribution >= 0.6 is 0 Å². The lowest BCUT2D eigenvalue weighted by molar-refractivity contribution is -0.137. The molecule has 0 radical (unpaired) electrons. The first-order chi connectivity index (χ1) is 12.3. The molecule has 0 fully saturated rings. The summed E-state index contributed by atoms with van der Waals surface area (Å²) in [5, 5.41) is 0.467. The van der Waals surface area contributed by atoms with Crippen LogP contribution in [0.15, 0.2) is 35.3 Å². The fourth-order valence-corrected chi connectivity index (χ4v) is 2.68. The number of aryl methyl sites for hydroxylation is 1. The molecule has 0 atom stereocenters. The lowest BCUT2D eigenvalue weighted by Gasteiger charge is -2.11. The number of nitrogens with two attached hydrogens (primary N) is 1. The Labute approximate surface area is 144 Å². The van der Waals surface area contributed by atoms with Crippen LogP contribution in [0.25, 0.3) is 33.7 Å². The van der Waals surface area contributed by atoms with E-state index >= 15 is 0 Å². The maximum atomic E-state index is 13.3. The molecule has 0 amide bonds. The fourth-order valence-electron chi connectivity index (χ4n) is 2.68. The second-order valence-corrected chi connectivity index (χ2v) is 5.55. The van der Waals surface area contributed by atoms with E-state index in [1.165, 1.54) is 12.6 Å². The molecule has 0 spiro atoms. The van der Waals surface area contributed by atoms with Crippen molar-refractivity contribution in [2.24, 2.45) is 0 Å². The van der Waals surface area contributed by atoms with Gasteiger partial charge in [-0.3, -0.25) is 0 Å². The summed E-state index contributed by atoms with van der Waals surface area (Å²) in [6, 6.07) is 3.29. The number of aromatic amines is 1. The van der Waals surface area contributed by atoms with Crippen molar-refractivity contribution in [2.45, 2.75) is 13.1 Å². The number of fused-ring (bicyclic) bond motifs is 1. The highest BCUT2D eigenvalue weighted by Gasteiger charge is 2.36. The molecule has 4 aromatic rings. The van der Waals surface area contributed by atoms with E-state index in [1.807, 2.05) is 0 Å². The zero-order chi connectivity index (χ0) is 18.5. The maximum absolute atomic E-state index is 13.3. The van der Waals surface area contributed by atoms with Crippen molar-refractivity contribution in [2.75, 3.05) is 5.73 Å². The highest BCUT2D eigenvalue weighted by Crippen LogP contribution is 2.38. The van der Waals surface area contributed by atoms with Gasteiger partial charge in [-0.05, 0) is 19.1 Å². The van der Waals surface area contributed by atoms with Crippen molar-refractivity contribution in [1.29, 1.82) is 0 Å². The Kier molecular flexibility index (Phi) is 3.43. The number of halogens is 3. The number of nitrogen functional groups attached to an aromatic ring is 1. The summed E-state index contributed by atoms with van der Waals surface area (Å²) in [5.74, 6) is 0.245. The molecular weight excluding hydrogens is 349 g/mol. The van der Waals surface area contributed by atoms with E-state index in [0.717, 1.165) is 0 Å². The van der Waals surface area contributed by atoms with Crippen LogP contribution in [0.1, 0.15) is 11.3 Å². The van der Waals surface area contributed by atoms with Gasteiger partial charge >= 0.3 is 6.18 Å². The summed E-state index contributed by atoms with van der Waals surface area (Å²) in [7, 11) is 0. The number of aromatic nitrogens is 5. The molecule has 0 aliphatic heterocycles. The van der Waals surface area contributed by atoms with Crippen molar-refractivity contribution < 1.29 is 17.6 Å². The lowest BCUT2D eigenvalue weighted by Crippen LogP contribution is -2.10. The number of rotatable bonds is 2. The van der Waals surface area contributed by atoms with E-state index < -0.39 is 11.7 Å². The topological polar surface area (TPSA) is 107 Å². The smallest absolute Gasteiger partial charge is 0.419 e. The summed E-state index contributed by atoms with van der Waals surface area (Å²) in [6.45, 7) is 1.77. The monoisotopic (exact) mass is 360 g/mol. The molecule has 0 saturated carbocycles. The summed E-state index contributed by atoms with van der Waals surface area (Å²) in [5.41, 5.74) is 6.01. The quantitative estimate of drug-likeness (QED) is 0.566. The average Bonchev–Trinajstić information content (AvgIpc) is 3.18. The van der Waals surface area contributed by atoms with Gasteiger partial charge in [0.25, 0.3) is 0 Å². The highest BCUT2D eigenvalue weighted by atomic mass is 19.4. The van der Waals surface area contributed by atoms with Gasteiger partial charge in [-0.25, -0.2) is 19.9 Å². The molecular formula is C16H11F3N6O. The van der Waals surface area contributed by atoms with E-state index in [1.54, 1.807) is 19.1 Å². The van der Waals surface area contributed by atoms with Crippen LogP contribution in [0.4, 0.5) is 19.1 Å². The first-order valence-electron chi connectivity index (χ1n) is 7.43. The summed E-state index contributed by atoms with van der Waals surface area (Å²) < 4.78 is 45.2. The van der Waals surface area contributed by atoms with Crippen LogP contribution in [-0.4, -0.2) is 24.9 Å². The Morgan fingerprint density at radius 3 is 2.65 bits per heavy atom. The van der Waals surface area contributed by atoms with E-state index in [4.69, 9.17) is 10.2 Å². The normalized spacial score (nSPS) is 12.0. The van der Waals surface area contributed by atoms with Crippen molar-refractivity contribution in [3.63, 3.8) is 0 Å². The van der Waals surface area contributed by atoms with Crippen molar-refractivity contribution in [1.82, 2.24) is 24.9 Å². The van der Waals surface area contributed by atoms with Gasteiger partial charge in [0.15, 0.2) is 12.2 Å². The zero-order valence-corrected chi connectivity index (χ0v) is 13.3. The molecule has 10 heteroatoms. The standard InChI is InChI=1S/C16H11F3N6O/c1-7-13(26-6-23-7)11-3-2-8-9(4-21-14(8)24-11)12-10(16(17,18)19)5-22-15(20)25-12/h2-6H,1H3,(H,21,24)(H2,20,22,25). The van der Waals surface area contributed by atoms with Crippen LogP contribution < -0.4 is 5.73 Å². The van der Waals surface area contributed by atoms with Gasteiger partial charge in [-0.2, -0.15) is 13.2 Å². The van der Waals surface area contributed by atoms with Gasteiger partial charge in [0, 0.05) is 23.3 Å². The SMILES string of the molecule is Cc1ncoc1-c1ccc2c(-c3nc(N)ncc3C(F)(F)F)c[nH]c2n1. The van der Waals surface area contributed by atoms with Gasteiger partial charge in [-0.15, -0.1) is 0 Å². The van der Waals surface area contributed by atoms with Crippen LogP contribution in [0.3, 0.4) is 0 Å². The first kappa shape index (κ1) is 16.1. The predicted molar refractivity (Wildman–Crippen MR) is 86.8 cm³/mol. The Hall–Kier alpha value is -3.43. The third-order valence-electron chi connectivity index (χ3n) is 3.88. The van der Waals surface area contributed by atoms with E-state index in [2.05, 4.69) is 24.9 Å². The molecule has 4 rings (SSSR count). The van der Waals surface area contributed by atoms with Gasteiger partial charge in [0.1, 0.15) is 16.9 Å². The Bertz CT molecular complexity index is 1110. The molecule has 0 aromatic carbocycles. The molecule has 0 aliphatic carbocycles. The van der Waals surface area contributed by atoms with Crippen molar-refractivity contribution >= 4 is 17.0 Å². The summed E-state index contributed by atoms with van der Waals surface area (Å²) in [6.07, 6.45) is -1.23. The average molecular weight is 360 g/mol. The van der Waals surface area contributed by atoms with Crippen molar-refractivity contribution in [3.05, 3.63) is 42.2 Å². The number of hydrogen-bond acceptors (Lipinski definition) is 6. The molecule has 4 heterocycles. The first-order valence-corrected chi connectivity index (χ1v) is 7.43. The fraction of sp³-hybridized carbons (Fsp3) is 0.125. The minimum absolute atomic E-state index is 0.231. The zero-order valence-electron chi connectivity index (χ0n) is 13.3. The van der Waals surface area contributed by atoms with Gasteiger partial charge < -0.3 is 15.1 Å². The Balaban J connectivity index is 1.90. The second kappa shape index (κ2) is 5.55. The number of H-pyrrole nitrogens is 1. The number of alkyl halides is 3. The minimum Gasteiger partial charge on any atom is -0.442 e. The molecule has 4 aromatic heterocycles. The lowest BCUT2D eigenvalue weighted by atomic mass is 10.1. The number of hydrogen-bond donors (Lipinski definition) is 2. The van der Waals surface area contributed by atoms with Crippen LogP contribution in [0.2, 0.25) is 0 Å². The van der Waals surface area contributed by atoms with Gasteiger partial charge in [0.2, 0.25) is 5.95 Å². The predicted octanol–water partition coefficient (Wildman–Crippen LogP) is 3.58. The largest absolute Gasteiger partial charge is 0.442 e. The van der Waals surface area contributed by atoms with E-state index in [9.17, 15) is 13.2 Å². The van der Waals surface area contributed by atoms with Gasteiger partial charge in [0.05, 0.1) is 11.4 Å². The number of nitrogens with one attached hydrogen (secondary N) is 1. The third kappa shape index (κ3) is 2.55. The molecule has 0 aliphatic rings. The van der Waals surface area contributed by atoms with E-state index in [0.29, 0.717) is 34.4 Å². The Morgan fingerprint density at radius 2 is 1.96 bits per heavy atom. The summed E-state index contributed by atoms with van der Waals surface area (Å²) in [4.78, 5) is 18.5. The minimum atomic E-state index is -4.61. The molecule has 26 heavy (non-hydrogen) atoms. The number of anilines is 1. The van der Waals surface area contributed by atoms with Crippen molar-refractivity contribution in [3.8, 4) is 22.7 Å². The van der Waals surface area contributed by atoms with Crippen LogP contribution in [-0.2, 0) is 6.18 Å². The molecule has 0 saturated heterocycles. The molecule has 132 valence electrons. The summed E-state index contributed by atoms with van der Waals surface area (Å²) >= 11 is 0. The second-order valence-electron chi connectivity index (χ2n) is 5.55. The Morgan fingerprint density at radius 1 is 1.15 bits per heavy atom. The van der Waals surface area contributed by atoms with Crippen LogP contribution in [0, 0.1) is 6.92 Å². The highest BCUT2D eigenvalue weighted by molar-refractivity contribution is 5.94. The maximum Gasteiger partial charge on any atom is 0.419 e. The molecule has 3 N–H and O–H groups in total. The number of nitrogens with zero attached hydrogens (tertiary/aromatic N) is 4. The van der Waals surface area contributed by atoms with E-state index in [-0.39, 0.29) is 17.2 Å². The van der Waals surface area contributed by atoms with Gasteiger partial charge in [-0.1, -0.05) is 0 Å².